The lowest BCUT2D eigenvalue weighted by molar-refractivity contribution is -0.134. The lowest BCUT2D eigenvalue weighted by Crippen LogP contribution is -2.46. The van der Waals surface area contributed by atoms with Crippen LogP contribution in [0, 0.1) is 11.8 Å². The topological polar surface area (TPSA) is 93.1 Å². The third kappa shape index (κ3) is 5.20. The van der Waals surface area contributed by atoms with E-state index >= 15 is 0 Å². The molecule has 1 aromatic carbocycles. The van der Waals surface area contributed by atoms with E-state index in [2.05, 4.69) is 10.2 Å². The van der Waals surface area contributed by atoms with Gasteiger partial charge in [0.05, 0.1) is 11.7 Å². The van der Waals surface area contributed by atoms with Gasteiger partial charge in [-0.3, -0.25) is 9.59 Å². The number of benzene rings is 1. The summed E-state index contributed by atoms with van der Waals surface area (Å²) in [5.41, 5.74) is 1.61. The Morgan fingerprint density at radius 3 is 2.26 bits per heavy atom. The number of hydrogen-bond acceptors (Lipinski definition) is 5. The van der Waals surface area contributed by atoms with Crippen LogP contribution in [0.3, 0.4) is 0 Å². The molecule has 4 atom stereocenters. The molecule has 2 aliphatic rings. The van der Waals surface area contributed by atoms with Crippen molar-refractivity contribution in [2.75, 3.05) is 39.5 Å². The highest BCUT2D eigenvalue weighted by Gasteiger charge is 2.43. The lowest BCUT2D eigenvalue weighted by Gasteiger charge is -2.38. The third-order valence-electron chi connectivity index (χ3n) is 5.49. The van der Waals surface area contributed by atoms with Crippen LogP contribution < -0.4 is 5.32 Å². The second-order valence-electron chi connectivity index (χ2n) is 7.61. The molecule has 1 aliphatic heterocycles. The zero-order valence-electron chi connectivity index (χ0n) is 16.6. The molecular formula is C20H31N3O4. The fraction of sp³-hybridized carbons (Fsp3) is 0.600. The normalized spacial score (nSPS) is 26.8. The molecule has 0 unspecified atom stereocenters. The Morgan fingerprint density at radius 1 is 1.15 bits per heavy atom. The maximum absolute atomic E-state index is 12.9. The first kappa shape index (κ1) is 21.2. The average Bonchev–Trinajstić information content (AvgIpc) is 3.02. The molecule has 7 nitrogen and oxygen atoms in total. The summed E-state index contributed by atoms with van der Waals surface area (Å²) in [5, 5.41) is 20.9. The van der Waals surface area contributed by atoms with Gasteiger partial charge in [0.1, 0.15) is 0 Å². The summed E-state index contributed by atoms with van der Waals surface area (Å²) in [6, 6.07) is 7.86. The van der Waals surface area contributed by atoms with Crippen molar-refractivity contribution in [3.05, 3.63) is 29.8 Å². The van der Waals surface area contributed by atoms with Crippen molar-refractivity contribution in [2.45, 2.75) is 31.9 Å². The number of nitrogens with zero attached hydrogens (tertiary/aromatic N) is 2. The Labute approximate surface area is 161 Å². The van der Waals surface area contributed by atoms with E-state index in [0.717, 1.165) is 44.1 Å². The number of likely N-dealkylation sites (tertiary alicyclic amines) is 1. The summed E-state index contributed by atoms with van der Waals surface area (Å²) < 4.78 is 0. The van der Waals surface area contributed by atoms with E-state index in [1.807, 2.05) is 50.3 Å². The first-order chi connectivity index (χ1) is 12.7. The second kappa shape index (κ2) is 9.19. The first-order valence-corrected chi connectivity index (χ1v) is 9.34. The summed E-state index contributed by atoms with van der Waals surface area (Å²) in [6.07, 6.45) is 1.48. The van der Waals surface area contributed by atoms with Gasteiger partial charge in [0.25, 0.3) is 11.9 Å². The summed E-state index contributed by atoms with van der Waals surface area (Å²) in [4.78, 5) is 26.0. The van der Waals surface area contributed by atoms with E-state index < -0.39 is 5.97 Å². The Balaban J connectivity index is 0.000000596. The predicted octanol–water partition coefficient (Wildman–Crippen LogP) is 1.59. The van der Waals surface area contributed by atoms with Gasteiger partial charge in [0, 0.05) is 38.8 Å². The van der Waals surface area contributed by atoms with Crippen molar-refractivity contribution >= 4 is 17.6 Å². The number of carbonyl (C=O) groups is 2. The van der Waals surface area contributed by atoms with Crippen LogP contribution in [-0.2, 0) is 4.79 Å². The Hall–Kier alpha value is -2.12. The van der Waals surface area contributed by atoms with Gasteiger partial charge in [-0.2, -0.15) is 0 Å². The highest BCUT2D eigenvalue weighted by molar-refractivity contribution is 5.99. The highest BCUT2D eigenvalue weighted by Crippen LogP contribution is 2.38. The smallest absolute Gasteiger partial charge is 0.300 e. The van der Waals surface area contributed by atoms with E-state index in [4.69, 9.17) is 9.90 Å². The maximum atomic E-state index is 12.9. The molecule has 1 saturated heterocycles. The van der Waals surface area contributed by atoms with Gasteiger partial charge in [0.2, 0.25) is 0 Å². The molecule has 150 valence electrons. The largest absolute Gasteiger partial charge is 0.481 e. The minimum absolute atomic E-state index is 0.0974. The molecule has 0 radical (unpaired) electrons. The monoisotopic (exact) mass is 377 g/mol. The molecule has 2 fully saturated rings. The molecule has 3 N–H and O–H groups in total. The predicted molar refractivity (Wildman–Crippen MR) is 105 cm³/mol. The highest BCUT2D eigenvalue weighted by atomic mass is 16.4. The van der Waals surface area contributed by atoms with Gasteiger partial charge >= 0.3 is 0 Å². The number of anilines is 1. The van der Waals surface area contributed by atoms with Crippen molar-refractivity contribution in [2.24, 2.45) is 11.8 Å². The zero-order valence-corrected chi connectivity index (χ0v) is 16.6. The van der Waals surface area contributed by atoms with E-state index in [-0.39, 0.29) is 18.1 Å². The fourth-order valence-corrected chi connectivity index (χ4v) is 4.19. The number of nitrogens with one attached hydrogen (secondary N) is 1. The van der Waals surface area contributed by atoms with Crippen LogP contribution >= 0.6 is 0 Å². The minimum atomic E-state index is -0.833. The Kier molecular flexibility index (Phi) is 7.21. The van der Waals surface area contributed by atoms with Crippen molar-refractivity contribution < 1.29 is 19.8 Å². The SMILES string of the molecule is CC(=O)O.CNc1ccccc1C(=O)N1C[C@H]2C[C@@H](N(C)C)[C@H](O)C[C@H]2C1. The van der Waals surface area contributed by atoms with E-state index in [9.17, 15) is 9.90 Å². The number of fused-ring (bicyclic) bond motifs is 1. The van der Waals surface area contributed by atoms with Crippen LogP contribution in [0.5, 0.6) is 0 Å². The van der Waals surface area contributed by atoms with Crippen LogP contribution in [-0.4, -0.2) is 78.3 Å². The van der Waals surface area contributed by atoms with Crippen LogP contribution in [0.2, 0.25) is 0 Å². The number of carbonyl (C=O) groups excluding carboxylic acids is 1. The van der Waals surface area contributed by atoms with Crippen molar-refractivity contribution in [3.63, 3.8) is 0 Å². The van der Waals surface area contributed by atoms with Crippen molar-refractivity contribution in [3.8, 4) is 0 Å². The molecule has 27 heavy (non-hydrogen) atoms. The molecular weight excluding hydrogens is 346 g/mol. The van der Waals surface area contributed by atoms with E-state index in [0.29, 0.717) is 11.8 Å². The molecule has 1 amide bonds. The van der Waals surface area contributed by atoms with Gasteiger partial charge < -0.3 is 25.3 Å². The third-order valence-corrected chi connectivity index (χ3v) is 5.49. The summed E-state index contributed by atoms with van der Waals surface area (Å²) in [6.45, 7) is 2.65. The standard InChI is InChI=1S/C18H27N3O2.C2H4O2/c1-19-15-7-5-4-6-14(15)18(23)21-10-12-8-16(20(2)3)17(22)9-13(12)11-21;1-2(3)4/h4-7,12-13,16-17,19,22H,8-11H2,1-3H3;1H3,(H,3,4)/t12-,13+,16-,17-;/m1./s1. The van der Waals surface area contributed by atoms with Gasteiger partial charge in [-0.25, -0.2) is 0 Å². The molecule has 0 spiro atoms. The van der Waals surface area contributed by atoms with Crippen molar-refractivity contribution in [1.29, 1.82) is 0 Å². The summed E-state index contributed by atoms with van der Waals surface area (Å²) in [7, 11) is 5.89. The number of carboxylic acid groups (broad SMARTS) is 1. The maximum Gasteiger partial charge on any atom is 0.300 e. The number of para-hydroxylation sites is 1. The van der Waals surface area contributed by atoms with Crippen LogP contribution in [0.4, 0.5) is 5.69 Å². The quantitative estimate of drug-likeness (QED) is 0.741. The summed E-state index contributed by atoms with van der Waals surface area (Å²) in [5.74, 6) is 0.184. The molecule has 1 aliphatic carbocycles. The van der Waals surface area contributed by atoms with Crippen molar-refractivity contribution in [1.82, 2.24) is 9.80 Å². The molecule has 0 bridgehead atoms. The number of rotatable bonds is 3. The number of likely N-dealkylation sites (N-methyl/N-ethyl adjacent to an activating group) is 1. The number of aliphatic hydroxyl groups is 1. The van der Waals surface area contributed by atoms with Gasteiger partial charge in [-0.15, -0.1) is 0 Å². The van der Waals surface area contributed by atoms with Crippen LogP contribution in [0.25, 0.3) is 0 Å². The molecule has 1 aromatic rings. The number of amides is 1. The molecule has 7 heteroatoms. The minimum Gasteiger partial charge on any atom is -0.481 e. The summed E-state index contributed by atoms with van der Waals surface area (Å²) >= 11 is 0. The molecule has 3 rings (SSSR count). The van der Waals surface area contributed by atoms with Gasteiger partial charge in [-0.05, 0) is 50.9 Å². The van der Waals surface area contributed by atoms with Gasteiger partial charge in [-0.1, -0.05) is 12.1 Å². The number of carboxylic acids is 1. The lowest BCUT2D eigenvalue weighted by atomic mass is 9.77. The number of aliphatic carboxylic acids is 1. The number of aliphatic hydroxyl groups excluding tert-OH is 1. The van der Waals surface area contributed by atoms with Crippen LogP contribution in [0.15, 0.2) is 24.3 Å². The average molecular weight is 377 g/mol. The van der Waals surface area contributed by atoms with E-state index in [1.165, 1.54) is 0 Å². The second-order valence-corrected chi connectivity index (χ2v) is 7.61. The molecule has 1 saturated carbocycles. The molecule has 1 heterocycles. The molecule has 0 aromatic heterocycles. The van der Waals surface area contributed by atoms with E-state index in [1.54, 1.807) is 0 Å². The van der Waals surface area contributed by atoms with Gasteiger partial charge in [0.15, 0.2) is 0 Å². The van der Waals surface area contributed by atoms with Crippen LogP contribution in [0.1, 0.15) is 30.1 Å². The number of hydrogen-bond donors (Lipinski definition) is 3. The zero-order chi connectivity index (χ0) is 20.1. The fourth-order valence-electron chi connectivity index (χ4n) is 4.19. The Bertz CT molecular complexity index is 660. The Morgan fingerprint density at radius 2 is 1.70 bits per heavy atom. The first-order valence-electron chi connectivity index (χ1n) is 9.34.